The molecule has 0 saturated carbocycles. The maximum absolute atomic E-state index is 9.72. The first-order chi connectivity index (χ1) is 14.7. The predicted octanol–water partition coefficient (Wildman–Crippen LogP) is 4.02. The summed E-state index contributed by atoms with van der Waals surface area (Å²) in [6, 6.07) is 16.7. The van der Waals surface area contributed by atoms with Crippen LogP contribution in [0.3, 0.4) is 0 Å². The third-order valence-electron chi connectivity index (χ3n) is 7.11. The minimum absolute atomic E-state index is 0.285. The minimum Gasteiger partial charge on any atom is -0.396 e. The van der Waals surface area contributed by atoms with E-state index in [9.17, 15) is 5.11 Å². The number of piperidine rings is 1. The molecule has 5 heteroatoms. The average Bonchev–Trinajstić information content (AvgIpc) is 3.15. The summed E-state index contributed by atoms with van der Waals surface area (Å²) < 4.78 is 2.82. The van der Waals surface area contributed by atoms with Gasteiger partial charge in [0.1, 0.15) is 0 Å². The maximum atomic E-state index is 9.72. The average molecular weight is 424 g/mol. The van der Waals surface area contributed by atoms with Gasteiger partial charge in [-0.25, -0.2) is 0 Å². The maximum Gasteiger partial charge on any atom is 0.0446 e. The van der Waals surface area contributed by atoms with E-state index in [0.717, 1.165) is 32.6 Å². The Morgan fingerprint density at radius 1 is 0.967 bits per heavy atom. The molecule has 2 aliphatic rings. The van der Waals surface area contributed by atoms with E-state index in [1.807, 2.05) is 11.3 Å². The van der Waals surface area contributed by atoms with Gasteiger partial charge in [0.2, 0.25) is 0 Å². The van der Waals surface area contributed by atoms with Crippen LogP contribution >= 0.6 is 11.3 Å². The van der Waals surface area contributed by atoms with Crippen LogP contribution in [0.25, 0.3) is 20.2 Å². The van der Waals surface area contributed by atoms with E-state index in [2.05, 4.69) is 64.2 Å². The predicted molar refractivity (Wildman–Crippen MR) is 127 cm³/mol. The van der Waals surface area contributed by atoms with Crippen molar-refractivity contribution in [2.75, 3.05) is 46.4 Å². The van der Waals surface area contributed by atoms with Crippen molar-refractivity contribution in [1.82, 2.24) is 14.7 Å². The lowest BCUT2D eigenvalue weighted by molar-refractivity contribution is 0.00613. The van der Waals surface area contributed by atoms with Crippen molar-refractivity contribution in [3.63, 3.8) is 0 Å². The summed E-state index contributed by atoms with van der Waals surface area (Å²) >= 11 is 1.93. The van der Waals surface area contributed by atoms with E-state index >= 15 is 0 Å². The van der Waals surface area contributed by atoms with Gasteiger partial charge in [0.25, 0.3) is 0 Å². The molecule has 1 unspecified atom stereocenters. The fraction of sp³-hybridized carbons (Fsp3) is 0.520. The topological polar surface area (TPSA) is 30.0 Å². The third kappa shape index (κ3) is 4.02. The first-order valence-corrected chi connectivity index (χ1v) is 12.2. The number of fused-ring (bicyclic) bond motifs is 3. The van der Waals surface area contributed by atoms with Crippen molar-refractivity contribution in [1.29, 1.82) is 0 Å². The molecule has 160 valence electrons. The normalized spacial score (nSPS) is 22.9. The molecule has 0 radical (unpaired) electrons. The standard InChI is InChI=1S/C25H33N3OS/c1-26-12-9-20(10-13-26)28-15-14-27(18-21(28)11-16-29)17-19-5-4-7-23-22-6-2-3-8-24(22)30-25(19)23/h2-8,20-21,29H,9-18H2,1H3. The van der Waals surface area contributed by atoms with Crippen LogP contribution in [-0.2, 0) is 6.54 Å². The molecular formula is C25H33N3OS. The summed E-state index contributed by atoms with van der Waals surface area (Å²) in [4.78, 5) is 7.78. The number of aliphatic hydroxyl groups is 1. The number of nitrogens with zero attached hydrogens (tertiary/aromatic N) is 3. The van der Waals surface area contributed by atoms with Gasteiger partial charge >= 0.3 is 0 Å². The van der Waals surface area contributed by atoms with Crippen LogP contribution in [-0.4, -0.2) is 78.3 Å². The van der Waals surface area contributed by atoms with Gasteiger partial charge in [0.05, 0.1) is 0 Å². The number of hydrogen-bond donors (Lipinski definition) is 1. The van der Waals surface area contributed by atoms with Crippen LogP contribution in [0.2, 0.25) is 0 Å². The second-order valence-electron chi connectivity index (χ2n) is 9.07. The Kier molecular flexibility index (Phi) is 6.07. The van der Waals surface area contributed by atoms with E-state index in [1.165, 1.54) is 51.7 Å². The summed E-state index contributed by atoms with van der Waals surface area (Å²) in [5, 5.41) is 12.5. The highest BCUT2D eigenvalue weighted by Crippen LogP contribution is 2.36. The lowest BCUT2D eigenvalue weighted by atomic mass is 9.98. The van der Waals surface area contributed by atoms with E-state index < -0.39 is 0 Å². The van der Waals surface area contributed by atoms with E-state index in [4.69, 9.17) is 0 Å². The second kappa shape index (κ2) is 8.93. The molecule has 30 heavy (non-hydrogen) atoms. The van der Waals surface area contributed by atoms with Gasteiger partial charge in [-0.05, 0) is 51.0 Å². The first-order valence-electron chi connectivity index (χ1n) is 11.4. The van der Waals surface area contributed by atoms with Gasteiger partial charge in [-0.3, -0.25) is 9.80 Å². The SMILES string of the molecule is CN1CCC(N2CCN(Cc3cccc4c3sc3ccccc34)CC2CCO)CC1. The van der Waals surface area contributed by atoms with Crippen molar-refractivity contribution in [2.24, 2.45) is 0 Å². The Morgan fingerprint density at radius 3 is 2.60 bits per heavy atom. The van der Waals surface area contributed by atoms with Gasteiger partial charge in [-0.15, -0.1) is 11.3 Å². The van der Waals surface area contributed by atoms with Gasteiger partial charge in [-0.1, -0.05) is 36.4 Å². The van der Waals surface area contributed by atoms with Crippen LogP contribution < -0.4 is 0 Å². The zero-order valence-corrected chi connectivity index (χ0v) is 18.8. The summed E-state index contributed by atoms with van der Waals surface area (Å²) in [5.41, 5.74) is 1.45. The number of benzene rings is 2. The van der Waals surface area contributed by atoms with Crippen molar-refractivity contribution >= 4 is 31.5 Å². The van der Waals surface area contributed by atoms with Gasteiger partial charge in [0, 0.05) is 65.0 Å². The monoisotopic (exact) mass is 423 g/mol. The van der Waals surface area contributed by atoms with E-state index in [1.54, 1.807) is 0 Å². The van der Waals surface area contributed by atoms with Gasteiger partial charge in [-0.2, -0.15) is 0 Å². The van der Waals surface area contributed by atoms with Gasteiger partial charge in [0.15, 0.2) is 0 Å². The molecule has 2 aromatic carbocycles. The fourth-order valence-electron chi connectivity index (χ4n) is 5.46. The highest BCUT2D eigenvalue weighted by Gasteiger charge is 2.33. The molecule has 0 amide bonds. The molecule has 0 aliphatic carbocycles. The van der Waals surface area contributed by atoms with Gasteiger partial charge < -0.3 is 10.0 Å². The number of thiophene rings is 1. The highest BCUT2D eigenvalue weighted by atomic mass is 32.1. The Hall–Kier alpha value is -1.50. The lowest BCUT2D eigenvalue weighted by Gasteiger charge is -2.47. The molecule has 4 nitrogen and oxygen atoms in total. The molecule has 0 bridgehead atoms. The number of hydrogen-bond acceptors (Lipinski definition) is 5. The summed E-state index contributed by atoms with van der Waals surface area (Å²) in [6.45, 7) is 7.00. The van der Waals surface area contributed by atoms with Crippen LogP contribution in [0.5, 0.6) is 0 Å². The zero-order chi connectivity index (χ0) is 20.5. The molecule has 3 aromatic rings. The molecule has 1 aromatic heterocycles. The Bertz CT molecular complexity index is 994. The lowest BCUT2D eigenvalue weighted by Crippen LogP contribution is -2.58. The van der Waals surface area contributed by atoms with Crippen molar-refractivity contribution in [3.05, 3.63) is 48.0 Å². The second-order valence-corrected chi connectivity index (χ2v) is 10.1. The molecule has 3 heterocycles. The van der Waals surface area contributed by atoms with Crippen molar-refractivity contribution in [3.8, 4) is 0 Å². The van der Waals surface area contributed by atoms with E-state index in [0.29, 0.717) is 12.1 Å². The number of likely N-dealkylation sites (tertiary alicyclic amines) is 1. The summed E-state index contributed by atoms with van der Waals surface area (Å²) in [6.07, 6.45) is 3.41. The third-order valence-corrected chi connectivity index (χ3v) is 8.37. The van der Waals surface area contributed by atoms with Crippen molar-refractivity contribution in [2.45, 2.75) is 37.9 Å². The van der Waals surface area contributed by atoms with Crippen LogP contribution in [0, 0.1) is 0 Å². The number of piperazine rings is 1. The molecule has 2 fully saturated rings. The van der Waals surface area contributed by atoms with E-state index in [-0.39, 0.29) is 6.61 Å². The minimum atomic E-state index is 0.285. The largest absolute Gasteiger partial charge is 0.396 e. The number of rotatable bonds is 5. The Balaban J connectivity index is 1.33. The molecule has 1 atom stereocenters. The Labute approximate surface area is 183 Å². The molecule has 2 saturated heterocycles. The molecule has 1 N–H and O–H groups in total. The highest BCUT2D eigenvalue weighted by molar-refractivity contribution is 7.26. The van der Waals surface area contributed by atoms with Crippen LogP contribution in [0.4, 0.5) is 0 Å². The fourth-order valence-corrected chi connectivity index (χ4v) is 6.67. The molecular weight excluding hydrogens is 390 g/mol. The molecule has 2 aliphatic heterocycles. The Morgan fingerprint density at radius 2 is 1.77 bits per heavy atom. The molecule has 5 rings (SSSR count). The summed E-state index contributed by atoms with van der Waals surface area (Å²) in [7, 11) is 2.23. The summed E-state index contributed by atoms with van der Waals surface area (Å²) in [5.74, 6) is 0. The van der Waals surface area contributed by atoms with Crippen molar-refractivity contribution < 1.29 is 5.11 Å². The smallest absolute Gasteiger partial charge is 0.0446 e. The first kappa shape index (κ1) is 20.4. The quantitative estimate of drug-likeness (QED) is 0.671. The number of aliphatic hydroxyl groups excluding tert-OH is 1. The van der Waals surface area contributed by atoms with Crippen LogP contribution in [0.15, 0.2) is 42.5 Å². The zero-order valence-electron chi connectivity index (χ0n) is 18.0. The molecule has 0 spiro atoms. The van der Waals surface area contributed by atoms with Crippen LogP contribution in [0.1, 0.15) is 24.8 Å².